The Morgan fingerprint density at radius 2 is 2.07 bits per heavy atom. The lowest BCUT2D eigenvalue weighted by Gasteiger charge is -2.06. The van der Waals surface area contributed by atoms with E-state index in [1.807, 2.05) is 24.3 Å². The van der Waals surface area contributed by atoms with Gasteiger partial charge in [-0.25, -0.2) is 0 Å². The number of ether oxygens (including phenoxy) is 2. The summed E-state index contributed by atoms with van der Waals surface area (Å²) >= 11 is 0. The van der Waals surface area contributed by atoms with Gasteiger partial charge in [-0.3, -0.25) is 0 Å². The van der Waals surface area contributed by atoms with Crippen molar-refractivity contribution in [3.05, 3.63) is 24.3 Å². The Kier molecular flexibility index (Phi) is 5.18. The smallest absolute Gasteiger partial charge is 0.122 e. The lowest BCUT2D eigenvalue weighted by atomic mass is 10.2. The highest BCUT2D eigenvalue weighted by molar-refractivity contribution is 5.32. The molecule has 1 rings (SSSR count). The Bertz CT molecular complexity index is 326. The SMILES string of the molecule is C#CCCCCOc1cccc(OC)c1. The summed E-state index contributed by atoms with van der Waals surface area (Å²) in [6.07, 6.45) is 7.98. The normalized spacial score (nSPS) is 9.33. The zero-order valence-corrected chi connectivity index (χ0v) is 9.03. The van der Waals surface area contributed by atoms with Crippen molar-refractivity contribution in [3.63, 3.8) is 0 Å². The standard InChI is InChI=1S/C13H16O2/c1-3-4-5-6-10-15-13-9-7-8-12(11-13)14-2/h1,7-9,11H,4-6,10H2,2H3. The van der Waals surface area contributed by atoms with Crippen molar-refractivity contribution >= 4 is 0 Å². The second kappa shape index (κ2) is 6.78. The van der Waals surface area contributed by atoms with Gasteiger partial charge in [0.2, 0.25) is 0 Å². The monoisotopic (exact) mass is 204 g/mol. The second-order valence-electron chi connectivity index (χ2n) is 3.19. The molecule has 0 saturated heterocycles. The number of benzene rings is 1. The third-order valence-electron chi connectivity index (χ3n) is 2.03. The van der Waals surface area contributed by atoms with Crippen LogP contribution in [0.1, 0.15) is 19.3 Å². The number of terminal acetylenes is 1. The van der Waals surface area contributed by atoms with Crippen LogP contribution < -0.4 is 9.47 Å². The van der Waals surface area contributed by atoms with Crippen LogP contribution in [-0.2, 0) is 0 Å². The van der Waals surface area contributed by atoms with E-state index in [9.17, 15) is 0 Å². The second-order valence-corrected chi connectivity index (χ2v) is 3.19. The van der Waals surface area contributed by atoms with Gasteiger partial charge >= 0.3 is 0 Å². The molecule has 0 fully saturated rings. The van der Waals surface area contributed by atoms with E-state index in [0.29, 0.717) is 6.61 Å². The van der Waals surface area contributed by atoms with Crippen LogP contribution in [0.5, 0.6) is 11.5 Å². The van der Waals surface area contributed by atoms with Gasteiger partial charge in [0, 0.05) is 12.5 Å². The van der Waals surface area contributed by atoms with E-state index >= 15 is 0 Å². The van der Waals surface area contributed by atoms with Gasteiger partial charge in [0.15, 0.2) is 0 Å². The maximum absolute atomic E-state index is 5.55. The quantitative estimate of drug-likeness (QED) is 0.524. The average Bonchev–Trinajstić information content (AvgIpc) is 2.29. The Morgan fingerprint density at radius 1 is 1.27 bits per heavy atom. The van der Waals surface area contributed by atoms with Crippen molar-refractivity contribution in [3.8, 4) is 23.8 Å². The summed E-state index contributed by atoms with van der Waals surface area (Å²) in [5.41, 5.74) is 0. The van der Waals surface area contributed by atoms with E-state index in [2.05, 4.69) is 5.92 Å². The third-order valence-corrected chi connectivity index (χ3v) is 2.03. The minimum absolute atomic E-state index is 0.703. The van der Waals surface area contributed by atoms with Crippen LogP contribution in [0.25, 0.3) is 0 Å². The van der Waals surface area contributed by atoms with Gasteiger partial charge in [-0.15, -0.1) is 12.3 Å². The number of methoxy groups -OCH3 is 1. The van der Waals surface area contributed by atoms with Crippen LogP contribution in [0, 0.1) is 12.3 Å². The van der Waals surface area contributed by atoms with Gasteiger partial charge in [0.1, 0.15) is 11.5 Å². The van der Waals surface area contributed by atoms with Crippen LogP contribution in [0.4, 0.5) is 0 Å². The van der Waals surface area contributed by atoms with Crippen LogP contribution in [0.15, 0.2) is 24.3 Å². The average molecular weight is 204 g/mol. The summed E-state index contributed by atoms with van der Waals surface area (Å²) in [6, 6.07) is 7.60. The molecular formula is C13H16O2. The first-order valence-electron chi connectivity index (χ1n) is 5.07. The fraction of sp³-hybridized carbons (Fsp3) is 0.385. The summed E-state index contributed by atoms with van der Waals surface area (Å²) in [7, 11) is 1.64. The molecule has 2 heteroatoms. The molecule has 0 aliphatic rings. The van der Waals surface area contributed by atoms with E-state index in [4.69, 9.17) is 15.9 Å². The maximum Gasteiger partial charge on any atom is 0.122 e. The predicted molar refractivity (Wildman–Crippen MR) is 61.2 cm³/mol. The van der Waals surface area contributed by atoms with Gasteiger partial charge < -0.3 is 9.47 Å². The summed E-state index contributed by atoms with van der Waals surface area (Å²) in [6.45, 7) is 0.703. The van der Waals surface area contributed by atoms with Gasteiger partial charge in [0.25, 0.3) is 0 Å². The molecule has 15 heavy (non-hydrogen) atoms. The summed E-state index contributed by atoms with van der Waals surface area (Å²) < 4.78 is 10.6. The number of hydrogen-bond acceptors (Lipinski definition) is 2. The van der Waals surface area contributed by atoms with Crippen molar-refractivity contribution in [1.82, 2.24) is 0 Å². The van der Waals surface area contributed by atoms with E-state index in [-0.39, 0.29) is 0 Å². The van der Waals surface area contributed by atoms with Crippen molar-refractivity contribution in [2.24, 2.45) is 0 Å². The van der Waals surface area contributed by atoms with Crippen molar-refractivity contribution in [2.45, 2.75) is 19.3 Å². The molecule has 0 heterocycles. The molecule has 0 aromatic heterocycles. The molecular weight excluding hydrogens is 188 g/mol. The molecule has 0 bridgehead atoms. The highest BCUT2D eigenvalue weighted by Crippen LogP contribution is 2.18. The maximum atomic E-state index is 5.55. The molecule has 1 aromatic rings. The van der Waals surface area contributed by atoms with Crippen LogP contribution >= 0.6 is 0 Å². The van der Waals surface area contributed by atoms with Gasteiger partial charge in [-0.2, -0.15) is 0 Å². The molecule has 0 saturated carbocycles. The highest BCUT2D eigenvalue weighted by atomic mass is 16.5. The topological polar surface area (TPSA) is 18.5 Å². The van der Waals surface area contributed by atoms with E-state index in [1.165, 1.54) is 0 Å². The fourth-order valence-electron chi connectivity index (χ4n) is 1.21. The first-order chi connectivity index (χ1) is 7.36. The largest absolute Gasteiger partial charge is 0.497 e. The Labute approximate surface area is 91.2 Å². The summed E-state index contributed by atoms with van der Waals surface area (Å²) in [5, 5.41) is 0. The van der Waals surface area contributed by atoms with Gasteiger partial charge in [-0.05, 0) is 25.0 Å². The van der Waals surface area contributed by atoms with Crippen molar-refractivity contribution in [2.75, 3.05) is 13.7 Å². The Balaban J connectivity index is 2.28. The van der Waals surface area contributed by atoms with Crippen LogP contribution in [0.2, 0.25) is 0 Å². The fourth-order valence-corrected chi connectivity index (χ4v) is 1.21. The molecule has 0 aliphatic carbocycles. The zero-order chi connectivity index (χ0) is 10.9. The van der Waals surface area contributed by atoms with Crippen LogP contribution in [0.3, 0.4) is 0 Å². The lowest BCUT2D eigenvalue weighted by molar-refractivity contribution is 0.305. The molecule has 0 aliphatic heterocycles. The molecule has 80 valence electrons. The number of hydrogen-bond donors (Lipinski definition) is 0. The highest BCUT2D eigenvalue weighted by Gasteiger charge is 1.95. The molecule has 0 atom stereocenters. The van der Waals surface area contributed by atoms with E-state index in [0.717, 1.165) is 30.8 Å². The molecule has 0 amide bonds. The summed E-state index contributed by atoms with van der Waals surface area (Å²) in [5.74, 6) is 4.27. The van der Waals surface area contributed by atoms with E-state index < -0.39 is 0 Å². The van der Waals surface area contributed by atoms with Crippen LogP contribution in [-0.4, -0.2) is 13.7 Å². The number of unbranched alkanes of at least 4 members (excludes halogenated alkanes) is 2. The Morgan fingerprint density at radius 3 is 2.80 bits per heavy atom. The molecule has 1 aromatic carbocycles. The van der Waals surface area contributed by atoms with Crippen molar-refractivity contribution < 1.29 is 9.47 Å². The summed E-state index contributed by atoms with van der Waals surface area (Å²) in [4.78, 5) is 0. The van der Waals surface area contributed by atoms with Gasteiger partial charge in [-0.1, -0.05) is 6.07 Å². The van der Waals surface area contributed by atoms with Crippen molar-refractivity contribution in [1.29, 1.82) is 0 Å². The minimum Gasteiger partial charge on any atom is -0.497 e. The lowest BCUT2D eigenvalue weighted by Crippen LogP contribution is -1.97. The Hall–Kier alpha value is -1.62. The number of rotatable bonds is 6. The predicted octanol–water partition coefficient (Wildman–Crippen LogP) is 2.88. The molecule has 0 unspecified atom stereocenters. The molecule has 0 N–H and O–H groups in total. The first kappa shape index (κ1) is 11.5. The molecule has 0 spiro atoms. The first-order valence-corrected chi connectivity index (χ1v) is 5.07. The molecule has 0 radical (unpaired) electrons. The van der Waals surface area contributed by atoms with Gasteiger partial charge in [0.05, 0.1) is 13.7 Å². The minimum atomic E-state index is 0.703. The van der Waals surface area contributed by atoms with E-state index in [1.54, 1.807) is 7.11 Å². The third kappa shape index (κ3) is 4.42. The zero-order valence-electron chi connectivity index (χ0n) is 9.03. The molecule has 2 nitrogen and oxygen atoms in total.